The van der Waals surface area contributed by atoms with Crippen molar-refractivity contribution < 1.29 is 13.2 Å². The molecule has 32 heavy (non-hydrogen) atoms. The van der Waals surface area contributed by atoms with Crippen molar-refractivity contribution in [1.29, 1.82) is 0 Å². The minimum absolute atomic E-state index is 0.0716. The number of hydrogen-bond donors (Lipinski definition) is 1. The van der Waals surface area contributed by atoms with Crippen molar-refractivity contribution in [3.8, 4) is 0 Å². The van der Waals surface area contributed by atoms with E-state index in [9.17, 15) is 13.2 Å². The molecule has 2 aromatic carbocycles. The van der Waals surface area contributed by atoms with Crippen molar-refractivity contribution in [2.45, 2.75) is 76.7 Å². The summed E-state index contributed by atoms with van der Waals surface area (Å²) in [7, 11) is -3.62. The Morgan fingerprint density at radius 2 is 1.56 bits per heavy atom. The van der Waals surface area contributed by atoms with Gasteiger partial charge < -0.3 is 5.32 Å². The zero-order valence-corrected chi connectivity index (χ0v) is 20.8. The SMILES string of the molecule is Cc1ccc(C(=O)N[C@H](C)c2ccc(C(C)(C)C)cc2)cc1S(=O)(=O)N1CCCCCC1. The molecule has 1 N–H and O–H groups in total. The van der Waals surface area contributed by atoms with Crippen LogP contribution in [0.4, 0.5) is 0 Å². The first-order chi connectivity index (χ1) is 15.0. The van der Waals surface area contributed by atoms with Gasteiger partial charge in [0.2, 0.25) is 10.0 Å². The second-order valence-electron chi connectivity index (χ2n) is 9.87. The van der Waals surface area contributed by atoms with Crippen molar-refractivity contribution in [3.05, 3.63) is 64.7 Å². The van der Waals surface area contributed by atoms with Crippen LogP contribution in [-0.4, -0.2) is 31.7 Å². The average molecular weight is 457 g/mol. The fourth-order valence-corrected chi connectivity index (χ4v) is 5.84. The Hall–Kier alpha value is -2.18. The molecule has 2 aromatic rings. The predicted molar refractivity (Wildman–Crippen MR) is 129 cm³/mol. The fourth-order valence-electron chi connectivity index (χ4n) is 4.08. The lowest BCUT2D eigenvalue weighted by atomic mass is 9.86. The minimum atomic E-state index is -3.62. The molecule has 1 aliphatic rings. The molecule has 1 aliphatic heterocycles. The van der Waals surface area contributed by atoms with E-state index in [2.05, 4.69) is 38.2 Å². The number of carbonyl (C=O) groups is 1. The summed E-state index contributed by atoms with van der Waals surface area (Å²) < 4.78 is 28.1. The molecule has 0 spiro atoms. The molecule has 3 rings (SSSR count). The smallest absolute Gasteiger partial charge is 0.251 e. The molecule has 1 heterocycles. The van der Waals surface area contributed by atoms with Gasteiger partial charge in [-0.25, -0.2) is 8.42 Å². The second-order valence-corrected chi connectivity index (χ2v) is 11.8. The van der Waals surface area contributed by atoms with E-state index in [0.29, 0.717) is 24.2 Å². The van der Waals surface area contributed by atoms with E-state index < -0.39 is 10.0 Å². The van der Waals surface area contributed by atoms with Crippen molar-refractivity contribution in [3.63, 3.8) is 0 Å². The van der Waals surface area contributed by atoms with Crippen molar-refractivity contribution in [2.75, 3.05) is 13.1 Å². The molecule has 5 nitrogen and oxygen atoms in total. The number of nitrogens with one attached hydrogen (secondary N) is 1. The lowest BCUT2D eigenvalue weighted by molar-refractivity contribution is 0.0939. The quantitative estimate of drug-likeness (QED) is 0.660. The second kappa shape index (κ2) is 9.75. The van der Waals surface area contributed by atoms with Crippen LogP contribution in [0.15, 0.2) is 47.4 Å². The van der Waals surface area contributed by atoms with E-state index in [4.69, 9.17) is 0 Å². The maximum Gasteiger partial charge on any atom is 0.251 e. The van der Waals surface area contributed by atoms with Gasteiger partial charge in [-0.1, -0.05) is 63.9 Å². The number of rotatable bonds is 5. The van der Waals surface area contributed by atoms with Crippen LogP contribution in [0.3, 0.4) is 0 Å². The third-order valence-corrected chi connectivity index (χ3v) is 8.30. The summed E-state index contributed by atoms with van der Waals surface area (Å²) >= 11 is 0. The number of carbonyl (C=O) groups excluding carboxylic acids is 1. The van der Waals surface area contributed by atoms with Gasteiger partial charge in [0.05, 0.1) is 10.9 Å². The maximum absolute atomic E-state index is 13.3. The van der Waals surface area contributed by atoms with Crippen LogP contribution in [0.1, 0.15) is 86.5 Å². The summed E-state index contributed by atoms with van der Waals surface area (Å²) in [5.41, 5.74) is 3.35. The number of aryl methyl sites for hydroxylation is 1. The Balaban J connectivity index is 1.79. The van der Waals surface area contributed by atoms with E-state index >= 15 is 0 Å². The normalized spacial score (nSPS) is 16.9. The van der Waals surface area contributed by atoms with E-state index in [1.54, 1.807) is 23.4 Å². The first-order valence-electron chi connectivity index (χ1n) is 11.5. The van der Waals surface area contributed by atoms with E-state index in [0.717, 1.165) is 31.2 Å². The highest BCUT2D eigenvalue weighted by Crippen LogP contribution is 2.26. The lowest BCUT2D eigenvalue weighted by Crippen LogP contribution is -2.33. The molecular formula is C26H36N2O3S. The number of amides is 1. The highest BCUT2D eigenvalue weighted by Gasteiger charge is 2.27. The largest absolute Gasteiger partial charge is 0.346 e. The average Bonchev–Trinajstić information content (AvgIpc) is 3.03. The molecule has 0 aliphatic carbocycles. The number of nitrogens with zero attached hydrogens (tertiary/aromatic N) is 1. The van der Waals surface area contributed by atoms with Gasteiger partial charge in [0.25, 0.3) is 5.91 Å². The molecule has 0 aromatic heterocycles. The predicted octanol–water partition coefficient (Wildman–Crippen LogP) is 5.35. The number of benzene rings is 2. The zero-order chi connectivity index (χ0) is 23.5. The van der Waals surface area contributed by atoms with Crippen molar-refractivity contribution in [2.24, 2.45) is 0 Å². The molecule has 1 amide bonds. The Morgan fingerprint density at radius 1 is 0.969 bits per heavy atom. The molecule has 0 radical (unpaired) electrons. The van der Waals surface area contributed by atoms with Gasteiger partial charge in [0, 0.05) is 18.7 Å². The van der Waals surface area contributed by atoms with Crippen molar-refractivity contribution in [1.82, 2.24) is 9.62 Å². The summed E-state index contributed by atoms with van der Waals surface area (Å²) in [6.07, 6.45) is 3.87. The third-order valence-electron chi connectivity index (χ3n) is 6.26. The summed E-state index contributed by atoms with van der Waals surface area (Å²) in [6.45, 7) is 11.3. The Morgan fingerprint density at radius 3 is 2.12 bits per heavy atom. The van der Waals surface area contributed by atoms with Gasteiger partial charge in [0.15, 0.2) is 0 Å². The highest BCUT2D eigenvalue weighted by atomic mass is 32.2. The standard InChI is InChI=1S/C26H36N2O3S/c1-19-10-11-22(18-24(19)32(30,31)28-16-8-6-7-9-17-28)25(29)27-20(2)21-12-14-23(15-13-21)26(3,4)5/h10-15,18,20H,6-9,16-17H2,1-5H3,(H,27,29)/t20-/m1/s1. The lowest BCUT2D eigenvalue weighted by Gasteiger charge is -2.22. The van der Waals surface area contributed by atoms with Gasteiger partial charge >= 0.3 is 0 Å². The first kappa shape index (κ1) is 24.5. The molecule has 1 atom stereocenters. The summed E-state index contributed by atoms with van der Waals surface area (Å²) in [5.74, 6) is -0.273. The van der Waals surface area contributed by atoms with Crippen LogP contribution in [0.2, 0.25) is 0 Å². The van der Waals surface area contributed by atoms with Crippen LogP contribution in [0.25, 0.3) is 0 Å². The molecule has 174 valence electrons. The van der Waals surface area contributed by atoms with Crippen LogP contribution in [-0.2, 0) is 15.4 Å². The van der Waals surface area contributed by atoms with Gasteiger partial charge in [-0.05, 0) is 60.9 Å². The van der Waals surface area contributed by atoms with E-state index in [1.807, 2.05) is 19.1 Å². The zero-order valence-electron chi connectivity index (χ0n) is 19.9. The van der Waals surface area contributed by atoms with E-state index in [-0.39, 0.29) is 22.3 Å². The van der Waals surface area contributed by atoms with Crippen LogP contribution in [0.5, 0.6) is 0 Å². The summed E-state index contributed by atoms with van der Waals surface area (Å²) in [5, 5.41) is 3.01. The molecule has 0 saturated carbocycles. The summed E-state index contributed by atoms with van der Waals surface area (Å²) in [4.78, 5) is 13.2. The molecule has 1 fully saturated rings. The molecule has 6 heteroatoms. The molecule has 0 bridgehead atoms. The van der Waals surface area contributed by atoms with E-state index in [1.165, 1.54) is 11.6 Å². The van der Waals surface area contributed by atoms with Gasteiger partial charge in [0.1, 0.15) is 0 Å². The number of sulfonamides is 1. The van der Waals surface area contributed by atoms with Crippen LogP contribution < -0.4 is 5.32 Å². The Bertz CT molecular complexity index is 1050. The van der Waals surface area contributed by atoms with Gasteiger partial charge in [-0.3, -0.25) is 4.79 Å². The first-order valence-corrected chi connectivity index (χ1v) is 13.0. The Labute approximate surface area is 193 Å². The van der Waals surface area contributed by atoms with Gasteiger partial charge in [-0.2, -0.15) is 4.31 Å². The van der Waals surface area contributed by atoms with Gasteiger partial charge in [-0.15, -0.1) is 0 Å². The Kier molecular flexibility index (Phi) is 7.46. The third kappa shape index (κ3) is 5.59. The maximum atomic E-state index is 13.3. The minimum Gasteiger partial charge on any atom is -0.346 e. The molecular weight excluding hydrogens is 420 g/mol. The molecule has 0 unspecified atom stereocenters. The monoisotopic (exact) mass is 456 g/mol. The molecule has 1 saturated heterocycles. The van der Waals surface area contributed by atoms with Crippen LogP contribution >= 0.6 is 0 Å². The topological polar surface area (TPSA) is 66.5 Å². The van der Waals surface area contributed by atoms with Crippen LogP contribution in [0, 0.1) is 6.92 Å². The highest BCUT2D eigenvalue weighted by molar-refractivity contribution is 7.89. The summed E-state index contributed by atoms with van der Waals surface area (Å²) in [6, 6.07) is 13.0. The number of hydrogen-bond acceptors (Lipinski definition) is 3. The van der Waals surface area contributed by atoms with Crippen molar-refractivity contribution >= 4 is 15.9 Å². The fraction of sp³-hybridized carbons (Fsp3) is 0.500.